The zero-order valence-electron chi connectivity index (χ0n) is 10.9. The minimum absolute atomic E-state index is 0.551. The van der Waals surface area contributed by atoms with E-state index in [0.717, 1.165) is 6.42 Å². The van der Waals surface area contributed by atoms with E-state index in [0.29, 0.717) is 5.92 Å². The minimum atomic E-state index is 0.551. The van der Waals surface area contributed by atoms with Crippen molar-refractivity contribution in [2.75, 3.05) is 13.1 Å². The van der Waals surface area contributed by atoms with Gasteiger partial charge in [-0.25, -0.2) is 0 Å². The molecule has 1 aromatic carbocycles. The standard InChI is InChI=1S/C16H23N/c1-14(13-16-9-5-3-6-10-16)15(2)17-11-7-4-8-12-17/h3,5-6,9-10,14H,2,4,7-8,11-13H2,1H3. The highest BCUT2D eigenvalue weighted by Crippen LogP contribution is 2.22. The third-order valence-electron chi connectivity index (χ3n) is 3.72. The summed E-state index contributed by atoms with van der Waals surface area (Å²) in [7, 11) is 0. The Balaban J connectivity index is 1.90. The largest absolute Gasteiger partial charge is 0.375 e. The SMILES string of the molecule is C=C(C(C)Cc1ccccc1)N1CCCCC1. The molecule has 1 fully saturated rings. The molecule has 92 valence electrons. The third-order valence-corrected chi connectivity index (χ3v) is 3.72. The maximum atomic E-state index is 4.30. The molecule has 0 spiro atoms. The average Bonchev–Trinajstić information content (AvgIpc) is 2.40. The first-order valence-electron chi connectivity index (χ1n) is 6.75. The van der Waals surface area contributed by atoms with Gasteiger partial charge in [0.2, 0.25) is 0 Å². The number of hydrogen-bond donors (Lipinski definition) is 0. The summed E-state index contributed by atoms with van der Waals surface area (Å²) in [6.45, 7) is 9.01. The van der Waals surface area contributed by atoms with E-state index in [2.05, 4.69) is 48.7 Å². The lowest BCUT2D eigenvalue weighted by atomic mass is 9.96. The number of rotatable bonds is 4. The first kappa shape index (κ1) is 12.2. The quantitative estimate of drug-likeness (QED) is 0.757. The van der Waals surface area contributed by atoms with E-state index in [1.54, 1.807) is 0 Å². The van der Waals surface area contributed by atoms with Gasteiger partial charge in [0.05, 0.1) is 0 Å². The topological polar surface area (TPSA) is 3.24 Å². The molecule has 0 radical (unpaired) electrons. The predicted molar refractivity (Wildman–Crippen MR) is 73.9 cm³/mol. The highest BCUT2D eigenvalue weighted by molar-refractivity contribution is 5.17. The summed E-state index contributed by atoms with van der Waals surface area (Å²) in [5, 5.41) is 0. The molecule has 0 saturated carbocycles. The Kier molecular flexibility index (Phi) is 4.24. The maximum Gasteiger partial charge on any atom is 0.0174 e. The van der Waals surface area contributed by atoms with E-state index in [9.17, 15) is 0 Å². The van der Waals surface area contributed by atoms with E-state index in [1.807, 2.05) is 0 Å². The van der Waals surface area contributed by atoms with Crippen LogP contribution >= 0.6 is 0 Å². The molecule has 0 amide bonds. The van der Waals surface area contributed by atoms with Gasteiger partial charge in [-0.1, -0.05) is 43.8 Å². The Bertz CT molecular complexity index is 349. The van der Waals surface area contributed by atoms with Gasteiger partial charge < -0.3 is 4.90 Å². The first-order valence-corrected chi connectivity index (χ1v) is 6.75. The molecule has 1 saturated heterocycles. The van der Waals surface area contributed by atoms with Gasteiger partial charge in [0, 0.05) is 18.8 Å². The second-order valence-corrected chi connectivity index (χ2v) is 5.13. The molecule has 17 heavy (non-hydrogen) atoms. The fourth-order valence-electron chi connectivity index (χ4n) is 2.58. The summed E-state index contributed by atoms with van der Waals surface area (Å²) >= 11 is 0. The number of hydrogen-bond acceptors (Lipinski definition) is 1. The zero-order valence-corrected chi connectivity index (χ0v) is 10.9. The van der Waals surface area contributed by atoms with Gasteiger partial charge in [-0.15, -0.1) is 0 Å². The smallest absolute Gasteiger partial charge is 0.0174 e. The van der Waals surface area contributed by atoms with Gasteiger partial charge in [0.1, 0.15) is 0 Å². The summed E-state index contributed by atoms with van der Waals surface area (Å²) < 4.78 is 0. The lowest BCUT2D eigenvalue weighted by molar-refractivity contribution is 0.259. The molecule has 0 N–H and O–H groups in total. The number of nitrogens with zero attached hydrogens (tertiary/aromatic N) is 1. The van der Waals surface area contributed by atoms with Crippen molar-refractivity contribution in [2.24, 2.45) is 5.92 Å². The lowest BCUT2D eigenvalue weighted by Gasteiger charge is -2.33. The van der Waals surface area contributed by atoms with Gasteiger partial charge in [-0.05, 0) is 37.2 Å². The van der Waals surface area contributed by atoms with E-state index >= 15 is 0 Å². The Labute approximate surface area is 105 Å². The van der Waals surface area contributed by atoms with Crippen LogP contribution in [0.2, 0.25) is 0 Å². The summed E-state index contributed by atoms with van der Waals surface area (Å²) in [6, 6.07) is 10.7. The lowest BCUT2D eigenvalue weighted by Crippen LogP contribution is -2.31. The minimum Gasteiger partial charge on any atom is -0.375 e. The summed E-state index contributed by atoms with van der Waals surface area (Å²) in [5.41, 5.74) is 2.74. The van der Waals surface area contributed by atoms with Crippen molar-refractivity contribution >= 4 is 0 Å². The normalized spacial score (nSPS) is 17.8. The molecule has 1 unspecified atom stereocenters. The van der Waals surface area contributed by atoms with E-state index in [-0.39, 0.29) is 0 Å². The number of likely N-dealkylation sites (tertiary alicyclic amines) is 1. The zero-order chi connectivity index (χ0) is 12.1. The predicted octanol–water partition coefficient (Wildman–Crippen LogP) is 3.86. The maximum absolute atomic E-state index is 4.30. The molecule has 1 atom stereocenters. The van der Waals surface area contributed by atoms with Crippen molar-refractivity contribution in [3.63, 3.8) is 0 Å². The van der Waals surface area contributed by atoms with Crippen LogP contribution in [0.15, 0.2) is 42.6 Å². The summed E-state index contributed by atoms with van der Waals surface area (Å²) in [4.78, 5) is 2.48. The van der Waals surface area contributed by atoms with Gasteiger partial charge in [0.15, 0.2) is 0 Å². The van der Waals surface area contributed by atoms with Crippen LogP contribution in [0.5, 0.6) is 0 Å². The molecule has 1 nitrogen and oxygen atoms in total. The number of piperidine rings is 1. The van der Waals surface area contributed by atoms with Crippen molar-refractivity contribution in [3.8, 4) is 0 Å². The molecule has 1 aromatic rings. The molecule has 0 aliphatic carbocycles. The van der Waals surface area contributed by atoms with Crippen molar-refractivity contribution in [3.05, 3.63) is 48.2 Å². The Morgan fingerprint density at radius 2 is 1.82 bits per heavy atom. The van der Waals surface area contributed by atoms with Crippen LogP contribution < -0.4 is 0 Å². The van der Waals surface area contributed by atoms with Gasteiger partial charge in [0.25, 0.3) is 0 Å². The molecule has 1 aliphatic heterocycles. The van der Waals surface area contributed by atoms with Crippen LogP contribution in [0.3, 0.4) is 0 Å². The van der Waals surface area contributed by atoms with Crippen LogP contribution in [0, 0.1) is 5.92 Å². The number of allylic oxidation sites excluding steroid dienone is 1. The van der Waals surface area contributed by atoms with E-state index < -0.39 is 0 Å². The molecule has 1 heteroatoms. The van der Waals surface area contributed by atoms with Gasteiger partial charge in [-0.3, -0.25) is 0 Å². The van der Waals surface area contributed by atoms with Crippen LogP contribution in [0.4, 0.5) is 0 Å². The van der Waals surface area contributed by atoms with Gasteiger partial charge in [-0.2, -0.15) is 0 Å². The van der Waals surface area contributed by atoms with Crippen molar-refractivity contribution in [1.82, 2.24) is 4.90 Å². The van der Waals surface area contributed by atoms with Gasteiger partial charge >= 0.3 is 0 Å². The Morgan fingerprint density at radius 1 is 1.18 bits per heavy atom. The molecular weight excluding hydrogens is 206 g/mol. The molecule has 1 aliphatic rings. The van der Waals surface area contributed by atoms with Crippen LogP contribution in [0.25, 0.3) is 0 Å². The molecular formula is C16H23N. The highest BCUT2D eigenvalue weighted by atomic mass is 15.1. The summed E-state index contributed by atoms with van der Waals surface area (Å²) in [5.74, 6) is 0.551. The average molecular weight is 229 g/mol. The Morgan fingerprint density at radius 3 is 2.47 bits per heavy atom. The fraction of sp³-hybridized carbons (Fsp3) is 0.500. The van der Waals surface area contributed by atoms with Crippen molar-refractivity contribution < 1.29 is 0 Å². The molecule has 1 heterocycles. The second kappa shape index (κ2) is 5.90. The van der Waals surface area contributed by atoms with Crippen LogP contribution in [-0.2, 0) is 6.42 Å². The Hall–Kier alpha value is -1.24. The highest BCUT2D eigenvalue weighted by Gasteiger charge is 2.16. The molecule has 0 aromatic heterocycles. The van der Waals surface area contributed by atoms with Crippen molar-refractivity contribution in [2.45, 2.75) is 32.6 Å². The van der Waals surface area contributed by atoms with Crippen molar-refractivity contribution in [1.29, 1.82) is 0 Å². The number of benzene rings is 1. The third kappa shape index (κ3) is 3.36. The van der Waals surface area contributed by atoms with E-state index in [4.69, 9.17) is 0 Å². The van der Waals surface area contributed by atoms with Crippen LogP contribution in [0.1, 0.15) is 31.7 Å². The fourth-order valence-corrected chi connectivity index (χ4v) is 2.58. The first-order chi connectivity index (χ1) is 8.27. The summed E-state index contributed by atoms with van der Waals surface area (Å²) in [6.07, 6.45) is 5.15. The molecule has 2 rings (SSSR count). The second-order valence-electron chi connectivity index (χ2n) is 5.13. The van der Waals surface area contributed by atoms with Crippen LogP contribution in [-0.4, -0.2) is 18.0 Å². The van der Waals surface area contributed by atoms with E-state index in [1.165, 1.54) is 43.6 Å². The molecule has 0 bridgehead atoms. The monoisotopic (exact) mass is 229 g/mol.